The van der Waals surface area contributed by atoms with Gasteiger partial charge in [0.25, 0.3) is 0 Å². The van der Waals surface area contributed by atoms with E-state index in [1.54, 1.807) is 6.20 Å². The molecule has 0 spiro atoms. The smallest absolute Gasteiger partial charge is 0.406 e. The van der Waals surface area contributed by atoms with Crippen molar-refractivity contribution < 1.29 is 27.4 Å². The quantitative estimate of drug-likeness (QED) is 0.206. The Morgan fingerprint density at radius 1 is 0.757 bits per heavy atom. The summed E-state index contributed by atoms with van der Waals surface area (Å²) >= 11 is 0. The van der Waals surface area contributed by atoms with E-state index in [0.717, 1.165) is 5.69 Å². The van der Waals surface area contributed by atoms with Crippen LogP contribution in [0.15, 0.2) is 48.7 Å². The van der Waals surface area contributed by atoms with Gasteiger partial charge in [-0.2, -0.15) is 15.0 Å². The van der Waals surface area contributed by atoms with Crippen LogP contribution in [0.3, 0.4) is 0 Å². The third-order valence-electron chi connectivity index (χ3n) is 4.56. The summed E-state index contributed by atoms with van der Waals surface area (Å²) in [5.74, 6) is 0.610. The first-order valence-corrected chi connectivity index (χ1v) is 11.5. The van der Waals surface area contributed by atoms with E-state index in [1.807, 2.05) is 18.2 Å². The molecule has 0 aliphatic rings. The van der Waals surface area contributed by atoms with Gasteiger partial charge in [-0.05, 0) is 29.8 Å². The fraction of sp³-hybridized carbons (Fsp3) is 0.391. The van der Waals surface area contributed by atoms with Crippen LogP contribution in [0.1, 0.15) is 11.3 Å². The van der Waals surface area contributed by atoms with Gasteiger partial charge in [-0.3, -0.25) is 4.98 Å². The van der Waals surface area contributed by atoms with Crippen LogP contribution in [-0.4, -0.2) is 65.8 Å². The lowest BCUT2D eigenvalue weighted by Crippen LogP contribution is -2.17. The normalized spacial score (nSPS) is 11.2. The number of alkyl halides is 3. The molecule has 200 valence electrons. The lowest BCUT2D eigenvalue weighted by molar-refractivity contribution is -0.274. The molecule has 5 N–H and O–H groups in total. The minimum absolute atomic E-state index is 0.265. The molecule has 0 aliphatic carbocycles. The molecule has 2 aromatic heterocycles. The van der Waals surface area contributed by atoms with Gasteiger partial charge in [0, 0.05) is 25.8 Å². The predicted octanol–water partition coefficient (Wildman–Crippen LogP) is 2.79. The van der Waals surface area contributed by atoms with Crippen LogP contribution in [0, 0.1) is 0 Å². The molecule has 0 saturated carbocycles. The Balaban J connectivity index is 1.58. The molecule has 1 aromatic carbocycles. The zero-order valence-electron chi connectivity index (χ0n) is 20.0. The fourth-order valence-electron chi connectivity index (χ4n) is 2.92. The zero-order chi connectivity index (χ0) is 26.3. The first-order chi connectivity index (χ1) is 17.9. The van der Waals surface area contributed by atoms with Crippen molar-refractivity contribution in [1.82, 2.24) is 19.9 Å². The van der Waals surface area contributed by atoms with Crippen molar-refractivity contribution in [2.75, 3.05) is 55.5 Å². The van der Waals surface area contributed by atoms with E-state index in [1.165, 1.54) is 24.3 Å². The highest BCUT2D eigenvalue weighted by Crippen LogP contribution is 2.23. The van der Waals surface area contributed by atoms with Crippen LogP contribution >= 0.6 is 0 Å². The summed E-state index contributed by atoms with van der Waals surface area (Å²) in [4.78, 5) is 17.4. The van der Waals surface area contributed by atoms with E-state index in [9.17, 15) is 13.2 Å². The standard InChI is InChI=1S/C23H29F3N8O3/c24-23(25,26)37-19-6-4-17(5-7-19)15-30-21-32-20(29-10-12-36-14-13-35-11-8-27)33-22(34-21)31-16-18-3-1-2-9-28-18/h1-7,9H,8,10-16,27H2,(H3,29,30,31,32,33,34). The molecule has 0 amide bonds. The van der Waals surface area contributed by atoms with Crippen molar-refractivity contribution >= 4 is 17.8 Å². The van der Waals surface area contributed by atoms with E-state index < -0.39 is 6.36 Å². The van der Waals surface area contributed by atoms with Gasteiger partial charge in [0.1, 0.15) is 5.75 Å². The first kappa shape index (κ1) is 27.8. The van der Waals surface area contributed by atoms with Gasteiger partial charge in [0.2, 0.25) is 17.8 Å². The molecular weight excluding hydrogens is 493 g/mol. The minimum Gasteiger partial charge on any atom is -0.406 e. The third kappa shape index (κ3) is 11.2. The molecule has 0 fully saturated rings. The third-order valence-corrected chi connectivity index (χ3v) is 4.56. The highest BCUT2D eigenvalue weighted by Gasteiger charge is 2.30. The molecule has 3 aromatic rings. The number of benzene rings is 1. The average Bonchev–Trinajstić information content (AvgIpc) is 2.88. The fourth-order valence-corrected chi connectivity index (χ4v) is 2.92. The summed E-state index contributed by atoms with van der Waals surface area (Å²) in [7, 11) is 0. The van der Waals surface area contributed by atoms with Crippen LogP contribution < -0.4 is 26.4 Å². The number of hydrogen-bond donors (Lipinski definition) is 4. The number of halogens is 3. The molecule has 3 rings (SSSR count). The number of pyridine rings is 1. The summed E-state index contributed by atoms with van der Waals surface area (Å²) in [6.45, 7) is 3.37. The predicted molar refractivity (Wildman–Crippen MR) is 131 cm³/mol. The Labute approximate surface area is 212 Å². The molecule has 0 radical (unpaired) electrons. The van der Waals surface area contributed by atoms with Crippen LogP contribution in [0.4, 0.5) is 31.0 Å². The van der Waals surface area contributed by atoms with Crippen molar-refractivity contribution in [2.45, 2.75) is 19.5 Å². The number of ether oxygens (including phenoxy) is 3. The van der Waals surface area contributed by atoms with Crippen molar-refractivity contribution in [3.05, 3.63) is 59.9 Å². The summed E-state index contributed by atoms with van der Waals surface area (Å²) in [6.07, 6.45) is -3.05. The second-order valence-electron chi connectivity index (χ2n) is 7.47. The molecule has 0 unspecified atom stereocenters. The minimum atomic E-state index is -4.74. The lowest BCUT2D eigenvalue weighted by atomic mass is 10.2. The van der Waals surface area contributed by atoms with E-state index in [0.29, 0.717) is 63.5 Å². The van der Waals surface area contributed by atoms with E-state index in [2.05, 4.69) is 40.6 Å². The molecule has 37 heavy (non-hydrogen) atoms. The number of nitrogens with two attached hydrogens (primary N) is 1. The molecule has 0 aliphatic heterocycles. The molecule has 14 heteroatoms. The average molecular weight is 523 g/mol. The van der Waals surface area contributed by atoms with E-state index in [-0.39, 0.29) is 18.2 Å². The van der Waals surface area contributed by atoms with Gasteiger partial charge < -0.3 is 35.9 Å². The molecule has 0 bridgehead atoms. The molecule has 0 saturated heterocycles. The molecule has 11 nitrogen and oxygen atoms in total. The zero-order valence-corrected chi connectivity index (χ0v) is 20.0. The summed E-state index contributed by atoms with van der Waals surface area (Å²) in [6, 6.07) is 11.1. The van der Waals surface area contributed by atoms with Gasteiger partial charge in [-0.1, -0.05) is 18.2 Å². The van der Waals surface area contributed by atoms with Gasteiger partial charge in [-0.15, -0.1) is 13.2 Å². The molecule has 2 heterocycles. The van der Waals surface area contributed by atoms with Gasteiger partial charge in [0.05, 0.1) is 38.7 Å². The van der Waals surface area contributed by atoms with E-state index in [4.69, 9.17) is 15.2 Å². The summed E-state index contributed by atoms with van der Waals surface area (Å²) < 4.78 is 51.7. The Morgan fingerprint density at radius 3 is 2.03 bits per heavy atom. The number of nitrogens with one attached hydrogen (secondary N) is 3. The maximum Gasteiger partial charge on any atom is 0.573 e. The number of aromatic nitrogens is 4. The Hall–Kier alpha value is -3.75. The largest absolute Gasteiger partial charge is 0.573 e. The summed E-state index contributed by atoms with van der Waals surface area (Å²) in [5.41, 5.74) is 6.87. The van der Waals surface area contributed by atoms with Crippen molar-refractivity contribution in [2.24, 2.45) is 5.73 Å². The Bertz CT molecular complexity index is 1060. The van der Waals surface area contributed by atoms with Crippen LogP contribution in [0.25, 0.3) is 0 Å². The van der Waals surface area contributed by atoms with Crippen LogP contribution in [0.5, 0.6) is 5.75 Å². The van der Waals surface area contributed by atoms with E-state index >= 15 is 0 Å². The highest BCUT2D eigenvalue weighted by molar-refractivity contribution is 5.43. The second-order valence-corrected chi connectivity index (χ2v) is 7.47. The van der Waals surface area contributed by atoms with Crippen LogP contribution in [0.2, 0.25) is 0 Å². The van der Waals surface area contributed by atoms with Crippen molar-refractivity contribution in [3.8, 4) is 5.75 Å². The van der Waals surface area contributed by atoms with Gasteiger partial charge >= 0.3 is 6.36 Å². The Kier molecular flexibility index (Phi) is 11.1. The van der Waals surface area contributed by atoms with Crippen LogP contribution in [-0.2, 0) is 22.6 Å². The first-order valence-electron chi connectivity index (χ1n) is 11.5. The van der Waals surface area contributed by atoms with Crippen molar-refractivity contribution in [1.29, 1.82) is 0 Å². The highest BCUT2D eigenvalue weighted by atomic mass is 19.4. The maximum atomic E-state index is 12.4. The summed E-state index contributed by atoms with van der Waals surface area (Å²) in [5, 5.41) is 9.26. The number of anilines is 3. The maximum absolute atomic E-state index is 12.4. The van der Waals surface area contributed by atoms with Gasteiger partial charge in [0.15, 0.2) is 0 Å². The SMILES string of the molecule is NCCOCCOCCNc1nc(NCc2ccc(OC(F)(F)F)cc2)nc(NCc2ccccn2)n1. The van der Waals surface area contributed by atoms with Gasteiger partial charge in [-0.25, -0.2) is 0 Å². The number of rotatable bonds is 16. The topological polar surface area (TPSA) is 141 Å². The second kappa shape index (κ2) is 14.7. The Morgan fingerprint density at radius 2 is 1.41 bits per heavy atom. The van der Waals surface area contributed by atoms with Crippen molar-refractivity contribution in [3.63, 3.8) is 0 Å². The number of hydrogen-bond acceptors (Lipinski definition) is 11. The monoisotopic (exact) mass is 522 g/mol. The molecule has 0 atom stereocenters. The lowest BCUT2D eigenvalue weighted by Gasteiger charge is -2.12. The molecular formula is C23H29F3N8O3. The number of nitrogens with zero attached hydrogens (tertiary/aromatic N) is 4.